The van der Waals surface area contributed by atoms with Gasteiger partial charge in [0.05, 0.1) is 0 Å². The predicted molar refractivity (Wildman–Crippen MR) is 187 cm³/mol. The fraction of sp³-hybridized carbons (Fsp3) is 0.432. The number of nitrogens with zero attached hydrogens (tertiary/aromatic N) is 3. The molecule has 0 spiro atoms. The van der Waals surface area contributed by atoms with Crippen molar-refractivity contribution >= 4 is 29.3 Å². The van der Waals surface area contributed by atoms with Crippen molar-refractivity contribution in [3.63, 3.8) is 0 Å². The molecule has 0 bridgehead atoms. The Bertz CT molecular complexity index is 1310. The summed E-state index contributed by atoms with van der Waals surface area (Å²) in [7, 11) is 0. The van der Waals surface area contributed by atoms with Gasteiger partial charge in [-0.1, -0.05) is 65.7 Å². The van der Waals surface area contributed by atoms with Gasteiger partial charge in [-0.05, 0) is 85.3 Å². The first kappa shape index (κ1) is 37.0. The number of aryl methyl sites for hydroxylation is 1. The Kier molecular flexibility index (Phi) is 13.9. The zero-order valence-electron chi connectivity index (χ0n) is 27.7. The van der Waals surface area contributed by atoms with Crippen molar-refractivity contribution in [3.8, 4) is 0 Å². The van der Waals surface area contributed by atoms with Gasteiger partial charge in [0.25, 0.3) is 0 Å². The highest BCUT2D eigenvalue weighted by molar-refractivity contribution is 6.30. The molecule has 3 fully saturated rings. The Hall–Kier alpha value is -3.83. The van der Waals surface area contributed by atoms with Crippen LogP contribution in [-0.2, 0) is 34.0 Å². The molecule has 3 aliphatic heterocycles. The molecule has 48 heavy (non-hydrogen) atoms. The number of amides is 3. The number of halogens is 2. The molecule has 6 N–H and O–H groups in total. The summed E-state index contributed by atoms with van der Waals surface area (Å²) in [5.41, 5.74) is 21.2. The molecule has 3 unspecified atom stereocenters. The molecule has 0 aromatic heterocycles. The van der Waals surface area contributed by atoms with Crippen LogP contribution in [0.5, 0.6) is 0 Å². The molecule has 3 heterocycles. The van der Waals surface area contributed by atoms with E-state index in [-0.39, 0.29) is 29.5 Å². The third-order valence-corrected chi connectivity index (χ3v) is 9.20. The summed E-state index contributed by atoms with van der Waals surface area (Å²) < 4.78 is 12.7. The topological polar surface area (TPSA) is 139 Å². The van der Waals surface area contributed by atoms with Crippen LogP contribution in [0.15, 0.2) is 72.8 Å². The first-order valence-electron chi connectivity index (χ1n) is 16.5. The fourth-order valence-electron chi connectivity index (χ4n) is 6.03. The van der Waals surface area contributed by atoms with Crippen LogP contribution in [0.25, 0.3) is 0 Å². The Balaban J connectivity index is 0.000000163. The van der Waals surface area contributed by atoms with Gasteiger partial charge in [0, 0.05) is 63.6 Å². The smallest absolute Gasteiger partial charge is 0.223 e. The molecule has 3 aromatic carbocycles. The maximum absolute atomic E-state index is 12.7. The van der Waals surface area contributed by atoms with Crippen LogP contribution in [0.1, 0.15) is 41.5 Å². The predicted octanol–water partition coefficient (Wildman–Crippen LogP) is 4.08. The number of hydrogen-bond donors (Lipinski definition) is 3. The highest BCUT2D eigenvalue weighted by atomic mass is 35.5. The molecule has 0 aliphatic carbocycles. The van der Waals surface area contributed by atoms with Crippen molar-refractivity contribution in [2.24, 2.45) is 35.0 Å². The maximum Gasteiger partial charge on any atom is 0.223 e. The zero-order valence-corrected chi connectivity index (χ0v) is 28.5. The first-order valence-corrected chi connectivity index (χ1v) is 16.9. The van der Waals surface area contributed by atoms with E-state index in [1.807, 2.05) is 34.1 Å². The van der Waals surface area contributed by atoms with E-state index in [2.05, 4.69) is 31.2 Å². The van der Waals surface area contributed by atoms with Crippen LogP contribution >= 0.6 is 11.6 Å². The minimum atomic E-state index is -0.253. The normalized spacial score (nSPS) is 20.5. The number of carbonyl (C=O) groups is 3. The summed E-state index contributed by atoms with van der Waals surface area (Å²) in [6.07, 6.45) is 1.74. The molecule has 11 heteroatoms. The Morgan fingerprint density at radius 2 is 0.896 bits per heavy atom. The highest BCUT2D eigenvalue weighted by Crippen LogP contribution is 2.22. The lowest BCUT2D eigenvalue weighted by Crippen LogP contribution is -2.25. The van der Waals surface area contributed by atoms with E-state index in [9.17, 15) is 18.8 Å². The van der Waals surface area contributed by atoms with E-state index in [1.54, 1.807) is 17.0 Å². The summed E-state index contributed by atoms with van der Waals surface area (Å²) >= 11 is 5.81. The molecule has 3 atom stereocenters. The number of nitrogens with two attached hydrogens (primary N) is 3. The van der Waals surface area contributed by atoms with Crippen molar-refractivity contribution in [1.82, 2.24) is 14.7 Å². The standard InChI is InChI=1S/C13H18N2O.C12H15ClN2O.C12H15FN2O/c1-10-2-4-11(5-3-10)8-15-9-12(7-14)6-13(15)16;2*13-11-3-1-9(2-4-11)7-15-8-10(6-14)5-12(15)16/h2-5,12H,6-9,14H2,1H3;2*1-4,10H,5-8,14H2. The third-order valence-electron chi connectivity index (χ3n) is 8.95. The second-order valence-corrected chi connectivity index (χ2v) is 13.4. The van der Waals surface area contributed by atoms with Crippen LogP contribution < -0.4 is 17.2 Å². The van der Waals surface area contributed by atoms with E-state index < -0.39 is 0 Å². The van der Waals surface area contributed by atoms with Crippen LogP contribution in [0.2, 0.25) is 5.02 Å². The van der Waals surface area contributed by atoms with Crippen LogP contribution in [0.3, 0.4) is 0 Å². The van der Waals surface area contributed by atoms with Gasteiger partial charge in [0.1, 0.15) is 5.82 Å². The monoisotopic (exact) mass is 678 g/mol. The van der Waals surface area contributed by atoms with Gasteiger partial charge in [-0.2, -0.15) is 0 Å². The summed E-state index contributed by atoms with van der Waals surface area (Å²) in [4.78, 5) is 40.5. The second kappa shape index (κ2) is 18.1. The lowest BCUT2D eigenvalue weighted by Gasteiger charge is -2.16. The first-order chi connectivity index (χ1) is 23.1. The van der Waals surface area contributed by atoms with Gasteiger partial charge in [-0.25, -0.2) is 4.39 Å². The summed E-state index contributed by atoms with van der Waals surface area (Å²) in [6, 6.07) is 22.2. The van der Waals surface area contributed by atoms with E-state index in [0.717, 1.165) is 35.8 Å². The quantitative estimate of drug-likeness (QED) is 0.312. The Labute approximate surface area is 288 Å². The minimum absolute atomic E-state index is 0.139. The van der Waals surface area contributed by atoms with Crippen molar-refractivity contribution in [2.75, 3.05) is 39.3 Å². The van der Waals surface area contributed by atoms with Crippen molar-refractivity contribution < 1.29 is 18.8 Å². The average Bonchev–Trinajstić information content (AvgIpc) is 3.76. The highest BCUT2D eigenvalue weighted by Gasteiger charge is 2.30. The van der Waals surface area contributed by atoms with E-state index >= 15 is 0 Å². The Morgan fingerprint density at radius 3 is 1.21 bits per heavy atom. The number of likely N-dealkylation sites (tertiary alicyclic amines) is 3. The van der Waals surface area contributed by atoms with E-state index in [0.29, 0.717) is 70.4 Å². The van der Waals surface area contributed by atoms with Crippen LogP contribution in [-0.4, -0.2) is 71.7 Å². The van der Waals surface area contributed by atoms with E-state index in [1.165, 1.54) is 23.3 Å². The van der Waals surface area contributed by atoms with Gasteiger partial charge in [-0.3, -0.25) is 14.4 Å². The molecule has 3 aliphatic rings. The molecule has 258 valence electrons. The Morgan fingerprint density at radius 1 is 0.583 bits per heavy atom. The van der Waals surface area contributed by atoms with Gasteiger partial charge in [0.2, 0.25) is 17.7 Å². The molecular formula is C37H48ClFN6O3. The van der Waals surface area contributed by atoms with Gasteiger partial charge in [0.15, 0.2) is 0 Å². The average molecular weight is 679 g/mol. The van der Waals surface area contributed by atoms with Gasteiger partial charge in [-0.15, -0.1) is 0 Å². The lowest BCUT2D eigenvalue weighted by atomic mass is 10.1. The summed E-state index contributed by atoms with van der Waals surface area (Å²) in [5.74, 6) is 1.25. The molecule has 3 aromatic rings. The number of benzene rings is 3. The summed E-state index contributed by atoms with van der Waals surface area (Å²) in [6.45, 7) is 8.03. The van der Waals surface area contributed by atoms with Crippen molar-refractivity contribution in [2.45, 2.75) is 45.8 Å². The third kappa shape index (κ3) is 11.1. The van der Waals surface area contributed by atoms with Crippen molar-refractivity contribution in [1.29, 1.82) is 0 Å². The molecule has 0 saturated carbocycles. The molecule has 6 rings (SSSR count). The number of rotatable bonds is 9. The largest absolute Gasteiger partial charge is 0.338 e. The van der Waals surface area contributed by atoms with Crippen LogP contribution in [0.4, 0.5) is 4.39 Å². The van der Waals surface area contributed by atoms with Gasteiger partial charge >= 0.3 is 0 Å². The van der Waals surface area contributed by atoms with E-state index in [4.69, 9.17) is 28.8 Å². The molecular weight excluding hydrogens is 631 g/mol. The molecule has 0 radical (unpaired) electrons. The number of hydrogen-bond acceptors (Lipinski definition) is 6. The summed E-state index contributed by atoms with van der Waals surface area (Å²) in [5, 5.41) is 0.719. The minimum Gasteiger partial charge on any atom is -0.338 e. The second-order valence-electron chi connectivity index (χ2n) is 13.0. The fourth-order valence-corrected chi connectivity index (χ4v) is 6.15. The lowest BCUT2D eigenvalue weighted by molar-refractivity contribution is -0.129. The number of carbonyl (C=O) groups excluding carboxylic acids is 3. The molecule has 3 saturated heterocycles. The van der Waals surface area contributed by atoms with Gasteiger partial charge < -0.3 is 31.9 Å². The molecule has 3 amide bonds. The van der Waals surface area contributed by atoms with Crippen molar-refractivity contribution in [3.05, 3.63) is 106 Å². The zero-order chi connectivity index (χ0) is 34.6. The SMILES string of the molecule is Cc1ccc(CN2CC(CN)CC2=O)cc1.NCC1CC(=O)N(Cc2ccc(Cl)cc2)C1.NCC1CC(=O)N(Cc2ccc(F)cc2)C1. The van der Waals surface area contributed by atoms with Crippen LogP contribution in [0, 0.1) is 30.5 Å². The maximum atomic E-state index is 12.7. The molecule has 9 nitrogen and oxygen atoms in total.